The van der Waals surface area contributed by atoms with Gasteiger partial charge >= 0.3 is 17.9 Å². The fourth-order valence-electron chi connectivity index (χ4n) is 4.13. The van der Waals surface area contributed by atoms with Crippen molar-refractivity contribution in [3.63, 3.8) is 0 Å². The maximum absolute atomic E-state index is 15.0. The molecule has 0 saturated carbocycles. The number of halogens is 1. The second-order valence-electron chi connectivity index (χ2n) is 8.79. The van der Waals surface area contributed by atoms with Crippen molar-refractivity contribution >= 4 is 23.5 Å². The second kappa shape index (κ2) is 10.4. The molecule has 1 N–H and O–H groups in total. The molecule has 5 rings (SSSR count). The van der Waals surface area contributed by atoms with Crippen LogP contribution in [0, 0.1) is 15.9 Å². The zero-order valence-electron chi connectivity index (χ0n) is 20.2. The summed E-state index contributed by atoms with van der Waals surface area (Å²) >= 11 is 0. The van der Waals surface area contributed by atoms with Crippen LogP contribution in [0.2, 0.25) is 0 Å². The number of nitrogens with one attached hydrogen (secondary N) is 1. The van der Waals surface area contributed by atoms with Crippen LogP contribution in [0.1, 0.15) is 12.6 Å². The molecular weight excluding hydrogens is 503 g/mol. The molecule has 0 bridgehead atoms. The summed E-state index contributed by atoms with van der Waals surface area (Å²) in [6, 6.07) is 8.05. The van der Waals surface area contributed by atoms with Gasteiger partial charge in [-0.2, -0.15) is 0 Å². The first-order valence-electron chi connectivity index (χ1n) is 11.7. The standard InChI is InChI=1S/C24H23FN6O7/c1-14(32)26-8-18-10-30(24(33)38-18)17-4-5-20(21(25)6-17)15-2-3-16(27-7-15)12-36-19-9-29-11-22(31(34)35)28-23(29)37-13-19/h2-7,11,18-19H,8-10,12-13H2,1H3,(H,26,32). The number of cyclic esters (lactones) is 1. The molecule has 2 unspecified atom stereocenters. The number of nitro groups is 1. The SMILES string of the molecule is CC(=O)NCC1CN(c2ccc(-c3ccc(COC4COc5nc([N+](=O)[O-])cn5C4)nc3)c(F)c2)C(=O)O1. The van der Waals surface area contributed by atoms with Gasteiger partial charge in [-0.15, -0.1) is 0 Å². The first kappa shape index (κ1) is 25.1. The summed E-state index contributed by atoms with van der Waals surface area (Å²) in [4.78, 5) is 43.1. The van der Waals surface area contributed by atoms with Crippen LogP contribution in [0.25, 0.3) is 11.1 Å². The van der Waals surface area contributed by atoms with Gasteiger partial charge in [-0.25, -0.2) is 9.18 Å². The third-order valence-electron chi connectivity index (χ3n) is 6.03. The zero-order valence-corrected chi connectivity index (χ0v) is 20.2. The molecule has 2 aliphatic heterocycles. The van der Waals surface area contributed by atoms with E-state index in [9.17, 15) is 24.1 Å². The van der Waals surface area contributed by atoms with Gasteiger partial charge in [0.2, 0.25) is 5.91 Å². The minimum absolute atomic E-state index is 0.165. The number of ether oxygens (including phenoxy) is 3. The molecule has 2 aromatic heterocycles. The van der Waals surface area contributed by atoms with Gasteiger partial charge in [0.1, 0.15) is 30.8 Å². The lowest BCUT2D eigenvalue weighted by Crippen LogP contribution is -2.33. The van der Waals surface area contributed by atoms with Crippen molar-refractivity contribution < 1.29 is 33.1 Å². The number of nitrogens with zero attached hydrogens (tertiary/aromatic N) is 5. The van der Waals surface area contributed by atoms with Crippen molar-refractivity contribution in [3.8, 4) is 17.1 Å². The van der Waals surface area contributed by atoms with E-state index in [1.54, 1.807) is 24.3 Å². The van der Waals surface area contributed by atoms with E-state index < -0.39 is 22.9 Å². The molecule has 0 aliphatic carbocycles. The Morgan fingerprint density at radius 1 is 1.32 bits per heavy atom. The van der Waals surface area contributed by atoms with Gasteiger partial charge < -0.3 is 29.6 Å². The third-order valence-corrected chi connectivity index (χ3v) is 6.03. The molecule has 4 heterocycles. The summed E-state index contributed by atoms with van der Waals surface area (Å²) in [5.74, 6) is -1.05. The molecule has 198 valence electrons. The van der Waals surface area contributed by atoms with Gasteiger partial charge in [-0.3, -0.25) is 19.2 Å². The van der Waals surface area contributed by atoms with E-state index in [0.717, 1.165) is 0 Å². The third kappa shape index (κ3) is 5.39. The number of aromatic nitrogens is 3. The van der Waals surface area contributed by atoms with E-state index in [0.29, 0.717) is 29.1 Å². The lowest BCUT2D eigenvalue weighted by atomic mass is 10.1. The van der Waals surface area contributed by atoms with E-state index in [4.69, 9.17) is 14.2 Å². The number of amides is 2. The zero-order chi connectivity index (χ0) is 26.8. The van der Waals surface area contributed by atoms with Crippen molar-refractivity contribution in [1.82, 2.24) is 19.9 Å². The smallest absolute Gasteiger partial charge is 0.414 e. The summed E-state index contributed by atoms with van der Waals surface area (Å²) in [6.45, 7) is 2.46. The van der Waals surface area contributed by atoms with Gasteiger partial charge in [0, 0.05) is 29.2 Å². The van der Waals surface area contributed by atoms with Crippen LogP contribution in [0.5, 0.6) is 6.01 Å². The summed E-state index contributed by atoms with van der Waals surface area (Å²) in [5.41, 5.74) is 1.81. The highest BCUT2D eigenvalue weighted by atomic mass is 19.1. The maximum atomic E-state index is 15.0. The van der Waals surface area contributed by atoms with Crippen LogP contribution in [0.4, 0.5) is 20.7 Å². The van der Waals surface area contributed by atoms with Crippen molar-refractivity contribution in [2.24, 2.45) is 0 Å². The minimum Gasteiger partial charge on any atom is -0.443 e. The quantitative estimate of drug-likeness (QED) is 0.345. The molecule has 2 amide bonds. The topological polar surface area (TPSA) is 151 Å². The maximum Gasteiger partial charge on any atom is 0.414 e. The van der Waals surface area contributed by atoms with Crippen molar-refractivity contribution in [3.05, 3.63) is 64.4 Å². The van der Waals surface area contributed by atoms with Crippen LogP contribution in [0.15, 0.2) is 42.7 Å². The second-order valence-corrected chi connectivity index (χ2v) is 8.79. The van der Waals surface area contributed by atoms with Gasteiger partial charge in [-0.1, -0.05) is 6.07 Å². The van der Waals surface area contributed by atoms with E-state index in [1.165, 1.54) is 34.9 Å². The largest absolute Gasteiger partial charge is 0.443 e. The number of carbonyl (C=O) groups is 2. The number of imidazole rings is 1. The number of fused-ring (bicyclic) bond motifs is 1. The first-order valence-corrected chi connectivity index (χ1v) is 11.7. The van der Waals surface area contributed by atoms with E-state index in [2.05, 4.69) is 15.3 Å². The van der Waals surface area contributed by atoms with Gasteiger partial charge in [-0.05, 0) is 29.2 Å². The normalized spacial score (nSPS) is 18.5. The highest BCUT2D eigenvalue weighted by Gasteiger charge is 2.33. The van der Waals surface area contributed by atoms with Gasteiger partial charge in [0.05, 0.1) is 37.6 Å². The molecule has 14 heteroatoms. The number of rotatable bonds is 8. The molecule has 2 aliphatic rings. The summed E-state index contributed by atoms with van der Waals surface area (Å²) in [5, 5.41) is 13.5. The minimum atomic E-state index is -0.607. The van der Waals surface area contributed by atoms with Gasteiger partial charge in [0.25, 0.3) is 0 Å². The Morgan fingerprint density at radius 3 is 2.87 bits per heavy atom. The van der Waals surface area contributed by atoms with Crippen LogP contribution in [0.3, 0.4) is 0 Å². The number of carbonyl (C=O) groups excluding carboxylic acids is 2. The van der Waals surface area contributed by atoms with Crippen LogP contribution in [-0.2, 0) is 27.4 Å². The van der Waals surface area contributed by atoms with Crippen molar-refractivity contribution in [2.75, 3.05) is 24.6 Å². The molecule has 1 fully saturated rings. The Hall–Kier alpha value is -4.59. The Labute approximate surface area is 215 Å². The van der Waals surface area contributed by atoms with Crippen molar-refractivity contribution in [2.45, 2.75) is 32.3 Å². The van der Waals surface area contributed by atoms with E-state index >= 15 is 0 Å². The molecule has 38 heavy (non-hydrogen) atoms. The predicted molar refractivity (Wildman–Crippen MR) is 129 cm³/mol. The van der Waals surface area contributed by atoms with E-state index in [1.807, 2.05) is 0 Å². The monoisotopic (exact) mass is 526 g/mol. The molecule has 1 saturated heterocycles. The molecular formula is C24H23FN6O7. The fourth-order valence-corrected chi connectivity index (χ4v) is 4.13. The van der Waals surface area contributed by atoms with Crippen LogP contribution >= 0.6 is 0 Å². The molecule has 3 aromatic rings. The number of anilines is 1. The van der Waals surface area contributed by atoms with Crippen LogP contribution in [-0.4, -0.2) is 63.4 Å². The summed E-state index contributed by atoms with van der Waals surface area (Å²) in [6.07, 6.45) is 1.35. The first-order chi connectivity index (χ1) is 18.3. The molecule has 0 spiro atoms. The number of hydrogen-bond donors (Lipinski definition) is 1. The number of pyridine rings is 1. The average molecular weight is 526 g/mol. The van der Waals surface area contributed by atoms with Gasteiger partial charge in [0.15, 0.2) is 0 Å². The Bertz CT molecular complexity index is 1380. The summed E-state index contributed by atoms with van der Waals surface area (Å²) in [7, 11) is 0. The Morgan fingerprint density at radius 2 is 2.16 bits per heavy atom. The molecule has 13 nitrogen and oxygen atoms in total. The highest BCUT2D eigenvalue weighted by Crippen LogP contribution is 2.29. The van der Waals surface area contributed by atoms with Crippen molar-refractivity contribution in [1.29, 1.82) is 0 Å². The molecule has 1 aromatic carbocycles. The number of benzene rings is 1. The molecule has 2 atom stereocenters. The Kier molecular flexibility index (Phi) is 6.87. The van der Waals surface area contributed by atoms with E-state index in [-0.39, 0.29) is 50.1 Å². The Balaban J connectivity index is 1.18. The lowest BCUT2D eigenvalue weighted by Gasteiger charge is -2.22. The average Bonchev–Trinajstić information content (AvgIpc) is 3.49. The van der Waals surface area contributed by atoms with Crippen LogP contribution < -0.4 is 15.0 Å². The fraction of sp³-hybridized carbons (Fsp3) is 0.333. The number of hydrogen-bond acceptors (Lipinski definition) is 9. The lowest BCUT2D eigenvalue weighted by molar-refractivity contribution is -0.389. The summed E-state index contributed by atoms with van der Waals surface area (Å²) < 4.78 is 33.0. The highest BCUT2D eigenvalue weighted by molar-refractivity contribution is 5.90. The predicted octanol–water partition coefficient (Wildman–Crippen LogP) is 2.43. The molecule has 0 radical (unpaired) electrons.